The lowest BCUT2D eigenvalue weighted by atomic mass is 9.89. The summed E-state index contributed by atoms with van der Waals surface area (Å²) < 4.78 is 16.4. The first-order valence-corrected chi connectivity index (χ1v) is 23.4. The summed E-state index contributed by atoms with van der Waals surface area (Å²) in [4.78, 5) is 108. The molecule has 4 aliphatic rings. The smallest absolute Gasteiger partial charge is 0.411 e. The maximum absolute atomic E-state index is 13.5. The zero-order valence-corrected chi connectivity index (χ0v) is 38.9. The zero-order valence-electron chi connectivity index (χ0n) is 38.9. The number of carbonyl (C=O) groups excluding carboxylic acids is 7. The van der Waals surface area contributed by atoms with Crippen LogP contribution in [0.5, 0.6) is 5.75 Å². The highest BCUT2D eigenvalue weighted by Gasteiger charge is 2.54. The Labute approximate surface area is 412 Å². The number of aromatic nitrogens is 1. The summed E-state index contributed by atoms with van der Waals surface area (Å²) in [5.74, 6) is -4.40. The van der Waals surface area contributed by atoms with Crippen molar-refractivity contribution in [2.24, 2.45) is 5.92 Å². The van der Waals surface area contributed by atoms with E-state index < -0.39 is 71.9 Å². The molecule has 0 radical (unpaired) electrons. The van der Waals surface area contributed by atoms with Crippen LogP contribution in [0.2, 0.25) is 0 Å². The van der Waals surface area contributed by atoms with Crippen LogP contribution >= 0.6 is 0 Å². The fraction of sp³-hybridized carbons (Fsp3) is 0.408. The van der Waals surface area contributed by atoms with Gasteiger partial charge in [-0.2, -0.15) is 0 Å². The van der Waals surface area contributed by atoms with Crippen LogP contribution < -0.4 is 31.3 Å². The number of carboxylic acid groups (broad SMARTS) is 1. The van der Waals surface area contributed by atoms with Crippen LogP contribution in [-0.2, 0) is 44.8 Å². The monoisotopic (exact) mass is 996 g/mol. The number of pyridine rings is 1. The Hall–Kier alpha value is -7.57. The maximum atomic E-state index is 13.5. The highest BCUT2D eigenvalue weighted by atomic mass is 16.7. The van der Waals surface area contributed by atoms with E-state index >= 15 is 0 Å². The number of unbranched alkanes of at least 4 members (excludes halogenated alkanes) is 1. The van der Waals surface area contributed by atoms with Gasteiger partial charge in [-0.05, 0) is 78.8 Å². The number of nitrogens with one attached hydrogen (secondary N) is 5. The first-order valence-electron chi connectivity index (χ1n) is 23.4. The minimum Gasteiger partial charge on any atom is -0.479 e. The van der Waals surface area contributed by atoms with Crippen molar-refractivity contribution in [3.8, 4) is 5.75 Å². The van der Waals surface area contributed by atoms with Gasteiger partial charge >= 0.3 is 12.1 Å². The summed E-state index contributed by atoms with van der Waals surface area (Å²) in [6.07, 6.45) is 2.11. The second-order valence-electron chi connectivity index (χ2n) is 17.6. The molecule has 0 bridgehead atoms. The standard InChI is InChI=1S/C49H56N8O15/c58-36(12-10-30-6-4-18-50-25-30)52-19-2-1-5-29-16-21-56(22-17-29)44(65)32-7-3-8-33(24-32)54-48(69)70-26-31-9-11-35(71-46-42(64)40(62)41(63)43(72-46)45(66)67)34(23-31)55-37(59)15-20-53-47(68)49(27-51-28-49)57-38(60)13-14-39(57)61/h3-4,6-14,18,23-25,29,40-43,46,51,62-64H,1-2,5,15-17,19-22,26-28H2,(H,52,58)(H,53,68)(H,54,69)(H,55,59)(H,66,67)/b12-10+/t40-,41?,42-,43?,46?/m0/s1. The van der Waals surface area contributed by atoms with Crippen molar-refractivity contribution in [1.29, 1.82) is 0 Å². The van der Waals surface area contributed by atoms with E-state index in [1.165, 1.54) is 30.3 Å². The molecule has 1 aromatic heterocycles. The van der Waals surface area contributed by atoms with Crippen molar-refractivity contribution in [1.82, 2.24) is 30.7 Å². The number of nitrogens with zero attached hydrogens (tertiary/aromatic N) is 3. The number of benzene rings is 2. The van der Waals surface area contributed by atoms with Crippen LogP contribution in [0.15, 0.2) is 85.2 Å². The molecule has 0 spiro atoms. The number of aliphatic carboxylic acids is 1. The fourth-order valence-corrected chi connectivity index (χ4v) is 8.53. The molecule has 23 heteroatoms. The van der Waals surface area contributed by atoms with E-state index in [0.29, 0.717) is 36.7 Å². The minimum atomic E-state index is -2.00. The van der Waals surface area contributed by atoms with E-state index in [0.717, 1.165) is 54.7 Å². The molecule has 9 N–H and O–H groups in total. The second-order valence-corrected chi connectivity index (χ2v) is 17.6. The van der Waals surface area contributed by atoms with Gasteiger partial charge in [-0.3, -0.25) is 44.0 Å². The number of rotatable bonds is 20. The van der Waals surface area contributed by atoms with Crippen molar-refractivity contribution in [2.45, 2.75) is 81.4 Å². The first kappa shape index (κ1) is 52.3. The lowest BCUT2D eigenvalue weighted by molar-refractivity contribution is -0.271. The number of carbonyl (C=O) groups is 8. The number of carboxylic acids is 1. The number of imide groups is 1. The molecule has 382 valence electrons. The predicted octanol–water partition coefficient (Wildman–Crippen LogP) is 0.665. The number of hydrogen-bond acceptors (Lipinski definition) is 16. The summed E-state index contributed by atoms with van der Waals surface area (Å²) in [5.41, 5.74) is 0.215. The zero-order chi connectivity index (χ0) is 51.4. The van der Waals surface area contributed by atoms with E-state index in [-0.39, 0.29) is 61.6 Å². The molecule has 5 heterocycles. The number of piperidine rings is 1. The number of hydrogen-bond donors (Lipinski definition) is 9. The summed E-state index contributed by atoms with van der Waals surface area (Å²) >= 11 is 0. The molecule has 72 heavy (non-hydrogen) atoms. The van der Waals surface area contributed by atoms with Gasteiger partial charge in [-0.25, -0.2) is 9.59 Å². The third-order valence-corrected chi connectivity index (χ3v) is 12.6. The Kier molecular flexibility index (Phi) is 17.4. The molecule has 7 amide bonds. The van der Waals surface area contributed by atoms with Crippen LogP contribution in [0.4, 0.5) is 16.2 Å². The second kappa shape index (κ2) is 24.0. The molecule has 0 saturated carbocycles. The lowest BCUT2D eigenvalue weighted by Crippen LogP contribution is -2.76. The van der Waals surface area contributed by atoms with Gasteiger partial charge in [0.05, 0.1) is 5.69 Å². The minimum absolute atomic E-state index is 0.00840. The number of aliphatic hydroxyl groups excluding tert-OH is 3. The average molecular weight is 997 g/mol. The third kappa shape index (κ3) is 13.0. The van der Waals surface area contributed by atoms with E-state index in [1.54, 1.807) is 47.6 Å². The Balaban J connectivity index is 0.899. The Morgan fingerprint density at radius 3 is 2.33 bits per heavy atom. The van der Waals surface area contributed by atoms with Crippen molar-refractivity contribution < 1.29 is 73.0 Å². The predicted molar refractivity (Wildman–Crippen MR) is 253 cm³/mol. The van der Waals surface area contributed by atoms with Gasteiger partial charge in [0.1, 0.15) is 30.7 Å². The van der Waals surface area contributed by atoms with Crippen LogP contribution in [0.25, 0.3) is 6.08 Å². The van der Waals surface area contributed by atoms with E-state index in [2.05, 4.69) is 31.6 Å². The molecule has 7 rings (SSSR count). The van der Waals surface area contributed by atoms with Crippen LogP contribution in [0.3, 0.4) is 0 Å². The molecule has 3 saturated heterocycles. The van der Waals surface area contributed by atoms with Gasteiger partial charge in [0.25, 0.3) is 17.7 Å². The van der Waals surface area contributed by atoms with Crippen LogP contribution in [0.1, 0.15) is 60.0 Å². The Morgan fingerprint density at radius 1 is 0.875 bits per heavy atom. The molecule has 0 aliphatic carbocycles. The van der Waals surface area contributed by atoms with Crippen molar-refractivity contribution in [3.63, 3.8) is 0 Å². The molecule has 2 aromatic carbocycles. The lowest BCUT2D eigenvalue weighted by Gasteiger charge is -2.46. The fourth-order valence-electron chi connectivity index (χ4n) is 8.53. The summed E-state index contributed by atoms with van der Waals surface area (Å²) in [7, 11) is 0. The van der Waals surface area contributed by atoms with Crippen LogP contribution in [0, 0.1) is 5.92 Å². The molecular formula is C49H56N8O15. The molecular weight excluding hydrogens is 941 g/mol. The maximum Gasteiger partial charge on any atom is 0.411 e. The number of amides is 7. The van der Waals surface area contributed by atoms with Crippen molar-refractivity contribution in [2.75, 3.05) is 49.9 Å². The average Bonchev–Trinajstić information content (AvgIpc) is 3.69. The highest BCUT2D eigenvalue weighted by molar-refractivity contribution is 6.16. The van der Waals surface area contributed by atoms with Crippen LogP contribution in [-0.4, -0.2) is 158 Å². The molecule has 5 atom stereocenters. The van der Waals surface area contributed by atoms with Gasteiger partial charge in [0.2, 0.25) is 24.0 Å². The van der Waals surface area contributed by atoms with Gasteiger partial charge < -0.3 is 60.8 Å². The molecule has 3 unspecified atom stereocenters. The highest BCUT2D eigenvalue weighted by Crippen LogP contribution is 2.32. The molecule has 3 aromatic rings. The molecule has 4 aliphatic heterocycles. The molecule has 3 fully saturated rings. The number of anilines is 2. The first-order chi connectivity index (χ1) is 34.6. The summed E-state index contributed by atoms with van der Waals surface area (Å²) in [5, 5.41) is 54.2. The Morgan fingerprint density at radius 2 is 1.64 bits per heavy atom. The van der Waals surface area contributed by atoms with Gasteiger partial charge in [0.15, 0.2) is 11.6 Å². The SMILES string of the molecule is O=C(/C=C/c1cccnc1)NCCCCC1CCN(C(=O)c2cccc(NC(=O)OCc3ccc(OC4OC(C(=O)O)C(O)[C@H](O)[C@@H]4O)c(NC(=O)CCNC(=O)C4(N5C(=O)C=CC5=O)CNC4)c3)c2)CC1. The van der Waals surface area contributed by atoms with Crippen molar-refractivity contribution in [3.05, 3.63) is 102 Å². The number of aliphatic hydroxyl groups is 3. The topological polar surface area (TPSA) is 325 Å². The van der Waals surface area contributed by atoms with Crippen molar-refractivity contribution >= 4 is 65.0 Å². The van der Waals surface area contributed by atoms with E-state index in [4.69, 9.17) is 14.2 Å². The van der Waals surface area contributed by atoms with E-state index in [9.17, 15) is 58.8 Å². The van der Waals surface area contributed by atoms with Gasteiger partial charge in [-0.1, -0.05) is 31.0 Å². The number of ether oxygens (including phenoxy) is 3. The Bertz CT molecular complexity index is 2550. The normalized spacial score (nSPS) is 21.7. The largest absolute Gasteiger partial charge is 0.479 e. The summed E-state index contributed by atoms with van der Waals surface area (Å²) in [6, 6.07) is 14.1. The summed E-state index contributed by atoms with van der Waals surface area (Å²) in [6.45, 7) is 1.12. The van der Waals surface area contributed by atoms with Gasteiger partial charge in [-0.15, -0.1) is 0 Å². The molecule has 23 nitrogen and oxygen atoms in total. The van der Waals surface area contributed by atoms with E-state index in [1.807, 2.05) is 6.07 Å². The number of likely N-dealkylation sites (tertiary alicyclic amines) is 1. The van der Waals surface area contributed by atoms with Gasteiger partial charge in [0, 0.05) is 87.6 Å². The quantitative estimate of drug-likeness (QED) is 0.0427. The third-order valence-electron chi connectivity index (χ3n) is 12.6.